The number of rotatable bonds is 3. The summed E-state index contributed by atoms with van der Waals surface area (Å²) in [4.78, 5) is 13.6. The number of carboxylic acids is 1. The van der Waals surface area contributed by atoms with Crippen molar-refractivity contribution in [3.05, 3.63) is 34.6 Å². The summed E-state index contributed by atoms with van der Waals surface area (Å²) in [5.74, 6) is -1.45. The Kier molecular flexibility index (Phi) is 4.08. The number of benzene rings is 1. The van der Waals surface area contributed by atoms with Crippen molar-refractivity contribution in [3.8, 4) is 0 Å². The number of aliphatic carboxylic acids is 1. The summed E-state index contributed by atoms with van der Waals surface area (Å²) in [5, 5.41) is 12.9. The number of nitrogens with zero attached hydrogens (tertiary/aromatic N) is 1. The van der Waals surface area contributed by atoms with Crippen molar-refractivity contribution in [1.29, 1.82) is 0 Å². The third kappa shape index (κ3) is 2.59. The second-order valence-corrected chi connectivity index (χ2v) is 5.15. The standard InChI is InChI=1S/C13H16ClFN2O2/c1-13(12(18)19,17-6-4-16-5-7-17)10-3-2-9(15)8-11(10)14/h2-3,8,16H,4-7H2,1H3,(H,18,19). The van der Waals surface area contributed by atoms with Crippen molar-refractivity contribution in [2.75, 3.05) is 26.2 Å². The molecule has 19 heavy (non-hydrogen) atoms. The summed E-state index contributed by atoms with van der Waals surface area (Å²) >= 11 is 6.03. The molecule has 6 heteroatoms. The zero-order chi connectivity index (χ0) is 14.0. The predicted octanol–water partition coefficient (Wildman–Crippen LogP) is 1.68. The molecule has 0 amide bonds. The molecule has 0 spiro atoms. The molecule has 104 valence electrons. The molecule has 1 aromatic carbocycles. The Morgan fingerprint density at radius 1 is 1.47 bits per heavy atom. The van der Waals surface area contributed by atoms with Gasteiger partial charge in [0, 0.05) is 36.8 Å². The summed E-state index contributed by atoms with van der Waals surface area (Å²) in [6.07, 6.45) is 0. The van der Waals surface area contributed by atoms with Crippen molar-refractivity contribution in [2.24, 2.45) is 0 Å². The van der Waals surface area contributed by atoms with Gasteiger partial charge in [-0.15, -0.1) is 0 Å². The van der Waals surface area contributed by atoms with Crippen LogP contribution in [0.4, 0.5) is 4.39 Å². The highest BCUT2D eigenvalue weighted by molar-refractivity contribution is 6.31. The Morgan fingerprint density at radius 2 is 2.11 bits per heavy atom. The van der Waals surface area contributed by atoms with Crippen LogP contribution in [0.3, 0.4) is 0 Å². The van der Waals surface area contributed by atoms with Gasteiger partial charge in [0.2, 0.25) is 0 Å². The van der Waals surface area contributed by atoms with Crippen LogP contribution in [0.1, 0.15) is 12.5 Å². The number of hydrogen-bond acceptors (Lipinski definition) is 3. The van der Waals surface area contributed by atoms with Crippen molar-refractivity contribution in [2.45, 2.75) is 12.5 Å². The van der Waals surface area contributed by atoms with E-state index in [1.807, 2.05) is 4.90 Å². The maximum Gasteiger partial charge on any atom is 0.328 e. The van der Waals surface area contributed by atoms with Gasteiger partial charge >= 0.3 is 5.97 Å². The monoisotopic (exact) mass is 286 g/mol. The topological polar surface area (TPSA) is 52.6 Å². The number of piperazine rings is 1. The van der Waals surface area contributed by atoms with Crippen molar-refractivity contribution < 1.29 is 14.3 Å². The van der Waals surface area contributed by atoms with Crippen molar-refractivity contribution >= 4 is 17.6 Å². The normalized spacial score (nSPS) is 19.9. The summed E-state index contributed by atoms with van der Waals surface area (Å²) in [6, 6.07) is 3.85. The van der Waals surface area contributed by atoms with Crippen LogP contribution in [0, 0.1) is 5.82 Å². The Hall–Kier alpha value is -1.17. The zero-order valence-electron chi connectivity index (χ0n) is 10.6. The zero-order valence-corrected chi connectivity index (χ0v) is 11.4. The molecule has 0 bridgehead atoms. The summed E-state index contributed by atoms with van der Waals surface area (Å²) in [5.41, 5.74) is -0.822. The number of hydrogen-bond donors (Lipinski definition) is 2. The third-order valence-corrected chi connectivity index (χ3v) is 3.93. The molecule has 4 nitrogen and oxygen atoms in total. The number of halogens is 2. The molecule has 1 atom stereocenters. The Bertz CT molecular complexity index is 492. The molecule has 1 unspecified atom stereocenters. The maximum absolute atomic E-state index is 13.1. The van der Waals surface area contributed by atoms with E-state index in [0.717, 1.165) is 19.2 Å². The summed E-state index contributed by atoms with van der Waals surface area (Å²) < 4.78 is 13.1. The minimum absolute atomic E-state index is 0.142. The number of nitrogens with one attached hydrogen (secondary N) is 1. The Labute approximate surface area is 116 Å². The highest BCUT2D eigenvalue weighted by Crippen LogP contribution is 2.34. The molecule has 2 rings (SSSR count). The Morgan fingerprint density at radius 3 is 2.63 bits per heavy atom. The van der Waals surface area contributed by atoms with Gasteiger partial charge in [-0.25, -0.2) is 9.18 Å². The van der Waals surface area contributed by atoms with E-state index in [-0.39, 0.29) is 5.02 Å². The summed E-state index contributed by atoms with van der Waals surface area (Å²) in [6.45, 7) is 4.27. The van der Waals surface area contributed by atoms with Crippen LogP contribution in [-0.2, 0) is 10.3 Å². The minimum atomic E-state index is -1.24. The lowest BCUT2D eigenvalue weighted by Crippen LogP contribution is -2.56. The fourth-order valence-corrected chi connectivity index (χ4v) is 2.77. The van der Waals surface area contributed by atoms with Crippen LogP contribution in [0.5, 0.6) is 0 Å². The van der Waals surface area contributed by atoms with Gasteiger partial charge in [-0.3, -0.25) is 4.90 Å². The SMILES string of the molecule is CC(C(=O)O)(c1ccc(F)cc1Cl)N1CCNCC1. The molecular weight excluding hydrogens is 271 g/mol. The van der Waals surface area contributed by atoms with E-state index in [1.165, 1.54) is 12.1 Å². The molecule has 1 heterocycles. The van der Waals surface area contributed by atoms with Crippen molar-refractivity contribution in [3.63, 3.8) is 0 Å². The quantitative estimate of drug-likeness (QED) is 0.888. The van der Waals surface area contributed by atoms with Gasteiger partial charge < -0.3 is 10.4 Å². The molecule has 1 aromatic rings. The second kappa shape index (κ2) is 5.45. The van der Waals surface area contributed by atoms with E-state index in [2.05, 4.69) is 5.32 Å². The van der Waals surface area contributed by atoms with Gasteiger partial charge in [-0.1, -0.05) is 17.7 Å². The molecule has 2 N–H and O–H groups in total. The van der Waals surface area contributed by atoms with Gasteiger partial charge in [0.25, 0.3) is 0 Å². The van der Waals surface area contributed by atoms with Crippen LogP contribution in [-0.4, -0.2) is 42.2 Å². The lowest BCUT2D eigenvalue weighted by molar-refractivity contribution is -0.151. The van der Waals surface area contributed by atoms with Gasteiger partial charge in [-0.05, 0) is 19.1 Å². The summed E-state index contributed by atoms with van der Waals surface area (Å²) in [7, 11) is 0. The van der Waals surface area contributed by atoms with E-state index >= 15 is 0 Å². The van der Waals surface area contributed by atoms with Gasteiger partial charge in [-0.2, -0.15) is 0 Å². The minimum Gasteiger partial charge on any atom is -0.480 e. The third-order valence-electron chi connectivity index (χ3n) is 3.62. The van der Waals surface area contributed by atoms with Crippen LogP contribution in [0.15, 0.2) is 18.2 Å². The van der Waals surface area contributed by atoms with Crippen LogP contribution < -0.4 is 5.32 Å². The number of carboxylic acid groups (broad SMARTS) is 1. The first-order chi connectivity index (χ1) is 8.96. The van der Waals surface area contributed by atoms with E-state index < -0.39 is 17.3 Å². The first-order valence-corrected chi connectivity index (χ1v) is 6.48. The molecule has 1 fully saturated rings. The first-order valence-electron chi connectivity index (χ1n) is 6.11. The van der Waals surface area contributed by atoms with Gasteiger partial charge in [0.1, 0.15) is 11.4 Å². The van der Waals surface area contributed by atoms with Crippen LogP contribution in [0.25, 0.3) is 0 Å². The van der Waals surface area contributed by atoms with E-state index in [1.54, 1.807) is 6.92 Å². The molecule has 0 saturated carbocycles. The fraction of sp³-hybridized carbons (Fsp3) is 0.462. The molecule has 0 aliphatic carbocycles. The average Bonchev–Trinajstić information content (AvgIpc) is 2.38. The molecule has 0 radical (unpaired) electrons. The molecule has 0 aromatic heterocycles. The molecule has 1 aliphatic heterocycles. The lowest BCUT2D eigenvalue weighted by atomic mass is 9.89. The van der Waals surface area contributed by atoms with Gasteiger partial charge in [0.15, 0.2) is 0 Å². The van der Waals surface area contributed by atoms with E-state index in [9.17, 15) is 14.3 Å². The second-order valence-electron chi connectivity index (χ2n) is 4.74. The molecule has 1 saturated heterocycles. The molecule has 1 aliphatic rings. The smallest absolute Gasteiger partial charge is 0.328 e. The lowest BCUT2D eigenvalue weighted by Gasteiger charge is -2.41. The average molecular weight is 287 g/mol. The first kappa shape index (κ1) is 14.2. The largest absolute Gasteiger partial charge is 0.480 e. The predicted molar refractivity (Wildman–Crippen MR) is 70.8 cm³/mol. The molecular formula is C13H16ClFN2O2. The van der Waals surface area contributed by atoms with Crippen LogP contribution in [0.2, 0.25) is 5.02 Å². The highest BCUT2D eigenvalue weighted by Gasteiger charge is 2.43. The highest BCUT2D eigenvalue weighted by atomic mass is 35.5. The van der Waals surface area contributed by atoms with E-state index in [4.69, 9.17) is 11.6 Å². The Balaban J connectivity index is 2.46. The van der Waals surface area contributed by atoms with Crippen molar-refractivity contribution in [1.82, 2.24) is 10.2 Å². The van der Waals surface area contributed by atoms with Gasteiger partial charge in [0.05, 0.1) is 0 Å². The number of carbonyl (C=O) groups is 1. The maximum atomic E-state index is 13.1. The van der Waals surface area contributed by atoms with Crippen LogP contribution >= 0.6 is 11.6 Å². The fourth-order valence-electron chi connectivity index (χ4n) is 2.42. The van der Waals surface area contributed by atoms with E-state index in [0.29, 0.717) is 18.7 Å².